The molecule has 0 bridgehead atoms. The summed E-state index contributed by atoms with van der Waals surface area (Å²) >= 11 is 1.77. The van der Waals surface area contributed by atoms with Gasteiger partial charge in [0.1, 0.15) is 11.6 Å². The lowest BCUT2D eigenvalue weighted by Gasteiger charge is -2.15. The Balaban J connectivity index is 2.13. The molecular formula is C12H15N3S. The summed E-state index contributed by atoms with van der Waals surface area (Å²) in [5.41, 5.74) is 0. The number of anilines is 1. The molecule has 0 saturated carbocycles. The van der Waals surface area contributed by atoms with Crippen LogP contribution in [-0.4, -0.2) is 9.97 Å². The first kappa shape index (κ1) is 11.1. The van der Waals surface area contributed by atoms with Crippen molar-refractivity contribution in [3.05, 3.63) is 40.5 Å². The van der Waals surface area contributed by atoms with Gasteiger partial charge in [-0.05, 0) is 30.9 Å². The molecule has 16 heavy (non-hydrogen) atoms. The Bertz CT molecular complexity index is 439. The molecule has 1 unspecified atom stereocenters. The molecule has 4 heteroatoms. The lowest BCUT2D eigenvalue weighted by atomic mass is 10.2. The van der Waals surface area contributed by atoms with Gasteiger partial charge in [0.25, 0.3) is 0 Å². The largest absolute Gasteiger partial charge is 0.362 e. The second kappa shape index (κ2) is 5.07. The van der Waals surface area contributed by atoms with E-state index in [1.165, 1.54) is 4.88 Å². The Labute approximate surface area is 99.6 Å². The van der Waals surface area contributed by atoms with Crippen molar-refractivity contribution >= 4 is 17.2 Å². The number of hydrogen-bond acceptors (Lipinski definition) is 4. The Morgan fingerprint density at radius 1 is 1.44 bits per heavy atom. The maximum absolute atomic E-state index is 4.35. The Kier molecular flexibility index (Phi) is 3.51. The summed E-state index contributed by atoms with van der Waals surface area (Å²) in [5, 5.41) is 5.53. The van der Waals surface area contributed by atoms with Crippen LogP contribution in [-0.2, 0) is 0 Å². The van der Waals surface area contributed by atoms with Crippen LogP contribution in [0.15, 0.2) is 29.8 Å². The van der Waals surface area contributed by atoms with Crippen LogP contribution in [0.2, 0.25) is 0 Å². The van der Waals surface area contributed by atoms with Gasteiger partial charge >= 0.3 is 0 Å². The zero-order valence-electron chi connectivity index (χ0n) is 9.47. The zero-order chi connectivity index (χ0) is 11.4. The van der Waals surface area contributed by atoms with Crippen LogP contribution in [0.3, 0.4) is 0 Å². The van der Waals surface area contributed by atoms with E-state index < -0.39 is 0 Å². The quantitative estimate of drug-likeness (QED) is 0.879. The number of aromatic nitrogens is 2. The van der Waals surface area contributed by atoms with Crippen molar-refractivity contribution < 1.29 is 0 Å². The molecule has 1 atom stereocenters. The average molecular weight is 233 g/mol. The molecule has 2 heterocycles. The van der Waals surface area contributed by atoms with Gasteiger partial charge in [-0.15, -0.1) is 11.3 Å². The molecule has 0 aromatic carbocycles. The fourth-order valence-electron chi connectivity index (χ4n) is 1.58. The molecule has 0 aliphatic carbocycles. The minimum Gasteiger partial charge on any atom is -0.362 e. The molecule has 0 aliphatic rings. The summed E-state index contributed by atoms with van der Waals surface area (Å²) in [4.78, 5) is 9.79. The van der Waals surface area contributed by atoms with Crippen molar-refractivity contribution in [2.75, 3.05) is 5.32 Å². The second-order valence-electron chi connectivity index (χ2n) is 3.61. The van der Waals surface area contributed by atoms with Crippen LogP contribution < -0.4 is 5.32 Å². The monoisotopic (exact) mass is 233 g/mol. The van der Waals surface area contributed by atoms with E-state index in [0.717, 1.165) is 18.1 Å². The molecule has 0 amide bonds. The van der Waals surface area contributed by atoms with E-state index in [0.29, 0.717) is 6.04 Å². The maximum atomic E-state index is 4.35. The van der Waals surface area contributed by atoms with Crippen molar-refractivity contribution in [3.63, 3.8) is 0 Å². The SMILES string of the molecule is CCC(Nc1ccnc(C)n1)c1cccs1. The highest BCUT2D eigenvalue weighted by molar-refractivity contribution is 7.10. The van der Waals surface area contributed by atoms with E-state index in [-0.39, 0.29) is 0 Å². The van der Waals surface area contributed by atoms with Gasteiger partial charge in [0.2, 0.25) is 0 Å². The normalized spacial score (nSPS) is 12.4. The Morgan fingerprint density at radius 2 is 2.31 bits per heavy atom. The summed E-state index contributed by atoms with van der Waals surface area (Å²) < 4.78 is 0. The standard InChI is InChI=1S/C12H15N3S/c1-3-10(11-5-4-8-16-11)15-12-6-7-13-9(2)14-12/h4-8,10H,3H2,1-2H3,(H,13,14,15). The van der Waals surface area contributed by atoms with Crippen LogP contribution in [0.5, 0.6) is 0 Å². The number of hydrogen-bond donors (Lipinski definition) is 1. The predicted molar refractivity (Wildman–Crippen MR) is 67.7 cm³/mol. The number of rotatable bonds is 4. The van der Waals surface area contributed by atoms with Crippen LogP contribution in [0.4, 0.5) is 5.82 Å². The van der Waals surface area contributed by atoms with Crippen LogP contribution >= 0.6 is 11.3 Å². The smallest absolute Gasteiger partial charge is 0.130 e. The van der Waals surface area contributed by atoms with Crippen molar-refractivity contribution in [1.29, 1.82) is 0 Å². The Morgan fingerprint density at radius 3 is 2.94 bits per heavy atom. The van der Waals surface area contributed by atoms with E-state index in [1.54, 1.807) is 17.5 Å². The van der Waals surface area contributed by atoms with E-state index in [9.17, 15) is 0 Å². The number of nitrogens with one attached hydrogen (secondary N) is 1. The molecule has 0 aliphatic heterocycles. The van der Waals surface area contributed by atoms with Gasteiger partial charge in [0.05, 0.1) is 6.04 Å². The minimum atomic E-state index is 0.342. The average Bonchev–Trinajstić information content (AvgIpc) is 2.79. The Hall–Kier alpha value is -1.42. The van der Waals surface area contributed by atoms with Crippen LogP contribution in [0, 0.1) is 6.92 Å². The molecule has 3 nitrogen and oxygen atoms in total. The fraction of sp³-hybridized carbons (Fsp3) is 0.333. The molecule has 0 saturated heterocycles. The molecule has 0 spiro atoms. The van der Waals surface area contributed by atoms with Gasteiger partial charge in [-0.2, -0.15) is 0 Å². The molecule has 2 aromatic heterocycles. The number of aryl methyl sites for hydroxylation is 1. The molecule has 84 valence electrons. The topological polar surface area (TPSA) is 37.8 Å². The summed E-state index contributed by atoms with van der Waals surface area (Å²) in [5.74, 6) is 1.69. The van der Waals surface area contributed by atoms with Crippen molar-refractivity contribution in [3.8, 4) is 0 Å². The third kappa shape index (κ3) is 2.58. The van der Waals surface area contributed by atoms with Gasteiger partial charge in [-0.25, -0.2) is 9.97 Å². The third-order valence-corrected chi connectivity index (χ3v) is 3.38. The molecule has 0 radical (unpaired) electrons. The summed E-state index contributed by atoms with van der Waals surface area (Å²) in [7, 11) is 0. The first-order valence-corrected chi connectivity index (χ1v) is 6.27. The predicted octanol–water partition coefficient (Wildman–Crippen LogP) is 3.41. The van der Waals surface area contributed by atoms with Crippen LogP contribution in [0.25, 0.3) is 0 Å². The molecule has 0 fully saturated rings. The molecule has 2 aromatic rings. The van der Waals surface area contributed by atoms with Gasteiger partial charge < -0.3 is 5.32 Å². The summed E-state index contributed by atoms with van der Waals surface area (Å²) in [6, 6.07) is 6.48. The van der Waals surface area contributed by atoms with Crippen molar-refractivity contribution in [1.82, 2.24) is 9.97 Å². The van der Waals surface area contributed by atoms with Crippen molar-refractivity contribution in [2.45, 2.75) is 26.3 Å². The van der Waals surface area contributed by atoms with E-state index in [1.807, 2.05) is 13.0 Å². The van der Waals surface area contributed by atoms with E-state index in [2.05, 4.69) is 39.7 Å². The van der Waals surface area contributed by atoms with Gasteiger partial charge in [0.15, 0.2) is 0 Å². The molecule has 1 N–H and O–H groups in total. The summed E-state index contributed by atoms with van der Waals surface area (Å²) in [6.45, 7) is 4.07. The fourth-order valence-corrected chi connectivity index (χ4v) is 2.44. The van der Waals surface area contributed by atoms with Crippen molar-refractivity contribution in [2.24, 2.45) is 0 Å². The maximum Gasteiger partial charge on any atom is 0.130 e. The minimum absolute atomic E-state index is 0.342. The first-order chi connectivity index (χ1) is 7.79. The van der Waals surface area contributed by atoms with Gasteiger partial charge in [0, 0.05) is 11.1 Å². The summed E-state index contributed by atoms with van der Waals surface area (Å²) in [6.07, 6.45) is 2.83. The number of nitrogens with zero attached hydrogens (tertiary/aromatic N) is 2. The lowest BCUT2D eigenvalue weighted by molar-refractivity contribution is 0.756. The first-order valence-electron chi connectivity index (χ1n) is 5.39. The van der Waals surface area contributed by atoms with E-state index in [4.69, 9.17) is 0 Å². The van der Waals surface area contributed by atoms with Crippen LogP contribution in [0.1, 0.15) is 30.1 Å². The molecule has 2 rings (SSSR count). The molecular weight excluding hydrogens is 218 g/mol. The highest BCUT2D eigenvalue weighted by atomic mass is 32.1. The number of thiophene rings is 1. The highest BCUT2D eigenvalue weighted by Gasteiger charge is 2.10. The third-order valence-electron chi connectivity index (χ3n) is 2.39. The van der Waals surface area contributed by atoms with E-state index >= 15 is 0 Å². The lowest BCUT2D eigenvalue weighted by Crippen LogP contribution is -2.09. The zero-order valence-corrected chi connectivity index (χ0v) is 10.3. The van der Waals surface area contributed by atoms with Gasteiger partial charge in [-0.1, -0.05) is 13.0 Å². The highest BCUT2D eigenvalue weighted by Crippen LogP contribution is 2.25. The second-order valence-corrected chi connectivity index (χ2v) is 4.59. The van der Waals surface area contributed by atoms with Gasteiger partial charge in [-0.3, -0.25) is 0 Å².